The number of likely N-dealkylation sites (tertiary alicyclic amines) is 1. The average molecular weight is 268 g/mol. The minimum atomic E-state index is 0.361. The van der Waals surface area contributed by atoms with Gasteiger partial charge in [-0.15, -0.1) is 0 Å². The monoisotopic (exact) mass is 268 g/mol. The molecule has 4 heteroatoms. The Morgan fingerprint density at radius 3 is 2.89 bits per heavy atom. The topological polar surface area (TPSA) is 55.6 Å². The van der Waals surface area contributed by atoms with Gasteiger partial charge in [0.05, 0.1) is 6.10 Å². The molecule has 0 aromatic carbocycles. The summed E-state index contributed by atoms with van der Waals surface area (Å²) in [4.78, 5) is 14.5. The van der Waals surface area contributed by atoms with Crippen molar-refractivity contribution >= 4 is 5.91 Å². The molecule has 0 radical (unpaired) electrons. The van der Waals surface area contributed by atoms with Gasteiger partial charge in [-0.1, -0.05) is 0 Å². The maximum atomic E-state index is 12.3. The van der Waals surface area contributed by atoms with Gasteiger partial charge in [-0.2, -0.15) is 0 Å². The highest BCUT2D eigenvalue weighted by Crippen LogP contribution is 2.34. The molecule has 19 heavy (non-hydrogen) atoms. The second-order valence-corrected chi connectivity index (χ2v) is 5.93. The summed E-state index contributed by atoms with van der Waals surface area (Å²) in [6.07, 6.45) is 7.71. The van der Waals surface area contributed by atoms with Crippen molar-refractivity contribution in [1.82, 2.24) is 4.90 Å². The van der Waals surface area contributed by atoms with Crippen LogP contribution in [-0.2, 0) is 9.53 Å². The summed E-state index contributed by atoms with van der Waals surface area (Å²) in [5.74, 6) is 0.916. The van der Waals surface area contributed by atoms with E-state index in [9.17, 15) is 4.79 Å². The zero-order chi connectivity index (χ0) is 13.7. The Bertz CT molecular complexity index is 290. The lowest BCUT2D eigenvalue weighted by molar-refractivity contribution is -0.135. The molecule has 2 aliphatic rings. The Morgan fingerprint density at radius 2 is 2.21 bits per heavy atom. The zero-order valence-corrected chi connectivity index (χ0v) is 12.1. The highest BCUT2D eigenvalue weighted by atomic mass is 16.5. The van der Waals surface area contributed by atoms with Crippen LogP contribution in [0.25, 0.3) is 0 Å². The van der Waals surface area contributed by atoms with Crippen LogP contribution < -0.4 is 5.73 Å². The van der Waals surface area contributed by atoms with E-state index >= 15 is 0 Å². The molecule has 0 spiro atoms. The second-order valence-electron chi connectivity index (χ2n) is 5.93. The van der Waals surface area contributed by atoms with Crippen molar-refractivity contribution in [2.75, 3.05) is 19.7 Å². The summed E-state index contributed by atoms with van der Waals surface area (Å²) in [5, 5.41) is 0. The van der Waals surface area contributed by atoms with Crippen LogP contribution in [0.15, 0.2) is 0 Å². The van der Waals surface area contributed by atoms with Crippen LogP contribution in [0.4, 0.5) is 0 Å². The van der Waals surface area contributed by atoms with E-state index in [-0.39, 0.29) is 0 Å². The molecule has 1 heterocycles. The molecule has 1 saturated carbocycles. The first kappa shape index (κ1) is 14.8. The van der Waals surface area contributed by atoms with E-state index in [1.807, 2.05) is 6.92 Å². The van der Waals surface area contributed by atoms with E-state index in [4.69, 9.17) is 10.5 Å². The molecule has 1 unspecified atom stereocenters. The van der Waals surface area contributed by atoms with Gasteiger partial charge in [-0.05, 0) is 57.9 Å². The fourth-order valence-corrected chi connectivity index (χ4v) is 3.39. The first-order valence-electron chi connectivity index (χ1n) is 7.85. The predicted octanol–water partition coefficient (Wildman–Crippen LogP) is 1.92. The number of nitrogens with two attached hydrogens (primary N) is 1. The first-order chi connectivity index (χ1) is 9.24. The zero-order valence-electron chi connectivity index (χ0n) is 12.1. The van der Waals surface area contributed by atoms with Crippen molar-refractivity contribution in [3.8, 4) is 0 Å². The average Bonchev–Trinajstić information content (AvgIpc) is 2.82. The summed E-state index contributed by atoms with van der Waals surface area (Å²) in [5.41, 5.74) is 5.57. The van der Waals surface area contributed by atoms with Crippen molar-refractivity contribution in [1.29, 1.82) is 0 Å². The number of carbonyl (C=O) groups is 1. The van der Waals surface area contributed by atoms with Gasteiger partial charge in [-0.3, -0.25) is 4.79 Å². The number of nitrogens with zero attached hydrogens (tertiary/aromatic N) is 1. The molecular formula is C15H28N2O2. The predicted molar refractivity (Wildman–Crippen MR) is 75.8 cm³/mol. The Labute approximate surface area is 116 Å². The largest absolute Gasteiger partial charge is 0.378 e. The van der Waals surface area contributed by atoms with Crippen LogP contribution in [0.2, 0.25) is 0 Å². The van der Waals surface area contributed by atoms with Crippen molar-refractivity contribution < 1.29 is 9.53 Å². The van der Waals surface area contributed by atoms with Gasteiger partial charge in [0.15, 0.2) is 0 Å². The number of hydrogen-bond acceptors (Lipinski definition) is 3. The van der Waals surface area contributed by atoms with Crippen LogP contribution in [0.1, 0.15) is 51.9 Å². The fourth-order valence-electron chi connectivity index (χ4n) is 3.39. The van der Waals surface area contributed by atoms with Gasteiger partial charge in [-0.25, -0.2) is 0 Å². The molecule has 1 amide bonds. The smallest absolute Gasteiger partial charge is 0.223 e. The van der Waals surface area contributed by atoms with Crippen LogP contribution in [0.5, 0.6) is 0 Å². The van der Waals surface area contributed by atoms with E-state index in [1.165, 1.54) is 0 Å². The van der Waals surface area contributed by atoms with Gasteiger partial charge < -0.3 is 15.4 Å². The number of hydrogen-bond donors (Lipinski definition) is 1. The van der Waals surface area contributed by atoms with E-state index in [0.717, 1.165) is 64.6 Å². The number of carbonyl (C=O) groups excluding carboxylic acids is 1. The molecule has 0 bridgehead atoms. The Hall–Kier alpha value is -0.610. The second kappa shape index (κ2) is 7.25. The maximum absolute atomic E-state index is 12.3. The number of rotatable bonds is 7. The van der Waals surface area contributed by atoms with Crippen molar-refractivity contribution in [2.45, 2.75) is 64.0 Å². The van der Waals surface area contributed by atoms with Crippen molar-refractivity contribution in [3.63, 3.8) is 0 Å². The summed E-state index contributed by atoms with van der Waals surface area (Å²) >= 11 is 0. The lowest BCUT2D eigenvalue weighted by Gasteiger charge is -2.36. The maximum Gasteiger partial charge on any atom is 0.223 e. The standard InChI is InChI=1S/C15H28N2O2/c1-2-19-14-9-12(10-14)11-15(18)17-8-4-6-13(17)5-3-7-16/h12-14H,2-11,16H2,1H3. The van der Waals surface area contributed by atoms with Crippen LogP contribution in [-0.4, -0.2) is 42.6 Å². The SMILES string of the molecule is CCOC1CC(CC(=O)N2CCCC2CCCN)C1. The molecule has 0 aromatic heterocycles. The summed E-state index contributed by atoms with van der Waals surface area (Å²) < 4.78 is 5.55. The third-order valence-electron chi connectivity index (χ3n) is 4.50. The highest BCUT2D eigenvalue weighted by Gasteiger charge is 2.34. The third kappa shape index (κ3) is 3.93. The molecule has 110 valence electrons. The molecule has 0 aromatic rings. The van der Waals surface area contributed by atoms with Gasteiger partial charge in [0.1, 0.15) is 0 Å². The van der Waals surface area contributed by atoms with E-state index in [1.54, 1.807) is 0 Å². The summed E-state index contributed by atoms with van der Waals surface area (Å²) in [6.45, 7) is 4.51. The summed E-state index contributed by atoms with van der Waals surface area (Å²) in [6, 6.07) is 0.457. The number of amides is 1. The summed E-state index contributed by atoms with van der Waals surface area (Å²) in [7, 11) is 0. The lowest BCUT2D eigenvalue weighted by Crippen LogP contribution is -2.40. The van der Waals surface area contributed by atoms with Gasteiger partial charge in [0, 0.05) is 25.6 Å². The third-order valence-corrected chi connectivity index (χ3v) is 4.50. The normalized spacial score (nSPS) is 30.4. The molecule has 2 N–H and O–H groups in total. The van der Waals surface area contributed by atoms with Crippen LogP contribution >= 0.6 is 0 Å². The minimum Gasteiger partial charge on any atom is -0.378 e. The Balaban J connectivity index is 1.71. The molecule has 1 saturated heterocycles. The van der Waals surface area contributed by atoms with E-state index in [2.05, 4.69) is 4.90 Å². The minimum absolute atomic E-state index is 0.361. The lowest BCUT2D eigenvalue weighted by atomic mass is 9.79. The van der Waals surface area contributed by atoms with Crippen LogP contribution in [0.3, 0.4) is 0 Å². The van der Waals surface area contributed by atoms with E-state index < -0.39 is 0 Å². The molecule has 1 atom stereocenters. The molecular weight excluding hydrogens is 240 g/mol. The first-order valence-corrected chi connectivity index (χ1v) is 7.85. The molecule has 4 nitrogen and oxygen atoms in total. The van der Waals surface area contributed by atoms with Crippen molar-refractivity contribution in [2.24, 2.45) is 11.7 Å². The quantitative estimate of drug-likeness (QED) is 0.767. The Morgan fingerprint density at radius 1 is 1.42 bits per heavy atom. The van der Waals surface area contributed by atoms with Gasteiger partial charge in [0.2, 0.25) is 5.91 Å². The van der Waals surface area contributed by atoms with Gasteiger partial charge in [0.25, 0.3) is 0 Å². The molecule has 2 fully saturated rings. The fraction of sp³-hybridized carbons (Fsp3) is 0.933. The molecule has 1 aliphatic carbocycles. The van der Waals surface area contributed by atoms with E-state index in [0.29, 0.717) is 24.0 Å². The Kier molecular flexibility index (Phi) is 5.64. The highest BCUT2D eigenvalue weighted by molar-refractivity contribution is 5.77. The van der Waals surface area contributed by atoms with Gasteiger partial charge >= 0.3 is 0 Å². The molecule has 1 aliphatic heterocycles. The van der Waals surface area contributed by atoms with Crippen molar-refractivity contribution in [3.05, 3.63) is 0 Å². The number of ether oxygens (including phenoxy) is 1. The molecule has 2 rings (SSSR count). The van der Waals surface area contributed by atoms with Crippen LogP contribution in [0, 0.1) is 5.92 Å².